The molecule has 0 aromatic carbocycles. The zero-order valence-electron chi connectivity index (χ0n) is 8.92. The molecule has 1 rings (SSSR count). The van der Waals surface area contributed by atoms with E-state index in [0.29, 0.717) is 5.92 Å². The van der Waals surface area contributed by atoms with Gasteiger partial charge in [0, 0.05) is 0 Å². The van der Waals surface area contributed by atoms with Gasteiger partial charge in [0.15, 0.2) is 0 Å². The minimum absolute atomic E-state index is 0.607. The van der Waals surface area contributed by atoms with Crippen LogP contribution in [0.2, 0.25) is 0 Å². The molecule has 1 heteroatoms. The lowest BCUT2D eigenvalue weighted by molar-refractivity contribution is 0.550. The van der Waals surface area contributed by atoms with E-state index < -0.39 is 0 Å². The van der Waals surface area contributed by atoms with Crippen molar-refractivity contribution in [2.24, 2.45) is 5.92 Å². The van der Waals surface area contributed by atoms with E-state index in [1.54, 1.807) is 6.26 Å². The molecule has 0 aliphatic heterocycles. The van der Waals surface area contributed by atoms with Crippen molar-refractivity contribution in [3.05, 3.63) is 29.7 Å². The van der Waals surface area contributed by atoms with Crippen LogP contribution in [0.4, 0.5) is 0 Å². The third-order valence-electron chi connectivity index (χ3n) is 2.45. The zero-order chi connectivity index (χ0) is 9.84. The number of rotatable bonds is 3. The predicted molar refractivity (Wildman–Crippen MR) is 56.4 cm³/mol. The standard InChI is InChI=1S/C12H18O/c1-5-11(9(2)3)10(4)12-7-6-8-13-12/h6-9H,5H2,1-4H3/b11-10-. The van der Waals surface area contributed by atoms with Gasteiger partial charge >= 0.3 is 0 Å². The number of hydrogen-bond acceptors (Lipinski definition) is 1. The Morgan fingerprint density at radius 1 is 1.46 bits per heavy atom. The number of furan rings is 1. The van der Waals surface area contributed by atoms with E-state index in [1.165, 1.54) is 11.1 Å². The van der Waals surface area contributed by atoms with E-state index in [9.17, 15) is 0 Å². The summed E-state index contributed by atoms with van der Waals surface area (Å²) in [6.45, 7) is 8.79. The van der Waals surface area contributed by atoms with Crippen LogP contribution in [0.15, 0.2) is 28.4 Å². The van der Waals surface area contributed by atoms with Crippen LogP contribution >= 0.6 is 0 Å². The average molecular weight is 178 g/mol. The first-order valence-electron chi connectivity index (χ1n) is 4.90. The maximum absolute atomic E-state index is 5.37. The number of allylic oxidation sites excluding steroid dienone is 2. The molecule has 0 saturated carbocycles. The zero-order valence-corrected chi connectivity index (χ0v) is 8.92. The molecule has 1 nitrogen and oxygen atoms in total. The Kier molecular flexibility index (Phi) is 3.35. The summed E-state index contributed by atoms with van der Waals surface area (Å²) in [4.78, 5) is 0. The van der Waals surface area contributed by atoms with Gasteiger partial charge in [-0.25, -0.2) is 0 Å². The minimum Gasteiger partial charge on any atom is -0.465 e. The van der Waals surface area contributed by atoms with Crippen molar-refractivity contribution in [3.8, 4) is 0 Å². The van der Waals surface area contributed by atoms with Gasteiger partial charge in [-0.1, -0.05) is 26.3 Å². The van der Waals surface area contributed by atoms with Crippen LogP contribution in [0.3, 0.4) is 0 Å². The van der Waals surface area contributed by atoms with Crippen LogP contribution in [0.5, 0.6) is 0 Å². The first-order valence-corrected chi connectivity index (χ1v) is 4.90. The van der Waals surface area contributed by atoms with Crippen molar-refractivity contribution in [2.45, 2.75) is 34.1 Å². The molecular formula is C12H18O. The monoisotopic (exact) mass is 178 g/mol. The molecule has 0 fully saturated rings. The van der Waals surface area contributed by atoms with Gasteiger partial charge in [0.25, 0.3) is 0 Å². The molecule has 0 unspecified atom stereocenters. The third-order valence-corrected chi connectivity index (χ3v) is 2.45. The smallest absolute Gasteiger partial charge is 0.129 e. The molecule has 0 amide bonds. The van der Waals surface area contributed by atoms with E-state index in [1.807, 2.05) is 12.1 Å². The fourth-order valence-corrected chi connectivity index (χ4v) is 1.76. The molecule has 0 aliphatic rings. The van der Waals surface area contributed by atoms with E-state index >= 15 is 0 Å². The van der Waals surface area contributed by atoms with Crippen LogP contribution in [0.1, 0.15) is 39.9 Å². The lowest BCUT2D eigenvalue weighted by Gasteiger charge is -2.12. The fourth-order valence-electron chi connectivity index (χ4n) is 1.76. The predicted octanol–water partition coefficient (Wildman–Crippen LogP) is 4.12. The van der Waals surface area contributed by atoms with E-state index in [0.717, 1.165) is 12.2 Å². The van der Waals surface area contributed by atoms with Crippen LogP contribution < -0.4 is 0 Å². The van der Waals surface area contributed by atoms with Crippen LogP contribution in [-0.2, 0) is 0 Å². The summed E-state index contributed by atoms with van der Waals surface area (Å²) in [6.07, 6.45) is 2.83. The highest BCUT2D eigenvalue weighted by Gasteiger charge is 2.08. The summed E-state index contributed by atoms with van der Waals surface area (Å²) in [7, 11) is 0. The minimum atomic E-state index is 0.607. The largest absolute Gasteiger partial charge is 0.465 e. The van der Waals surface area contributed by atoms with Crippen molar-refractivity contribution in [3.63, 3.8) is 0 Å². The number of hydrogen-bond donors (Lipinski definition) is 0. The van der Waals surface area contributed by atoms with Gasteiger partial charge in [-0.3, -0.25) is 0 Å². The van der Waals surface area contributed by atoms with Gasteiger partial charge < -0.3 is 4.42 Å². The summed E-state index contributed by atoms with van der Waals surface area (Å²) in [6, 6.07) is 3.96. The average Bonchev–Trinajstić information content (AvgIpc) is 2.56. The van der Waals surface area contributed by atoms with Crippen LogP contribution in [0, 0.1) is 5.92 Å². The molecule has 0 atom stereocenters. The molecule has 1 aromatic heterocycles. The summed E-state index contributed by atoms with van der Waals surface area (Å²) >= 11 is 0. The fraction of sp³-hybridized carbons (Fsp3) is 0.500. The van der Waals surface area contributed by atoms with Gasteiger partial charge in [-0.15, -0.1) is 0 Å². The molecule has 0 spiro atoms. The summed E-state index contributed by atoms with van der Waals surface area (Å²) in [5.74, 6) is 1.61. The van der Waals surface area contributed by atoms with Gasteiger partial charge in [0.2, 0.25) is 0 Å². The SMILES string of the molecule is CC/C(=C(\C)c1ccco1)C(C)C. The Bertz CT molecular complexity index is 278. The van der Waals surface area contributed by atoms with Gasteiger partial charge in [-0.05, 0) is 37.0 Å². The van der Waals surface area contributed by atoms with Gasteiger partial charge in [0.05, 0.1) is 6.26 Å². The highest BCUT2D eigenvalue weighted by Crippen LogP contribution is 2.25. The van der Waals surface area contributed by atoms with E-state index in [4.69, 9.17) is 4.42 Å². The lowest BCUT2D eigenvalue weighted by Crippen LogP contribution is -1.95. The lowest BCUT2D eigenvalue weighted by atomic mass is 9.94. The Morgan fingerprint density at radius 2 is 2.15 bits per heavy atom. The molecule has 0 aliphatic carbocycles. The molecule has 13 heavy (non-hydrogen) atoms. The Hall–Kier alpha value is -0.980. The normalized spacial score (nSPS) is 13.3. The molecule has 0 radical (unpaired) electrons. The van der Waals surface area contributed by atoms with Gasteiger partial charge in [0.1, 0.15) is 5.76 Å². The maximum atomic E-state index is 5.37. The Morgan fingerprint density at radius 3 is 2.54 bits per heavy atom. The first-order chi connectivity index (χ1) is 6.16. The first kappa shape index (κ1) is 10.1. The van der Waals surface area contributed by atoms with Crippen molar-refractivity contribution in [1.29, 1.82) is 0 Å². The summed E-state index contributed by atoms with van der Waals surface area (Å²) in [5.41, 5.74) is 2.78. The van der Waals surface area contributed by atoms with Crippen LogP contribution in [0.25, 0.3) is 5.57 Å². The molecule has 1 heterocycles. The second-order valence-electron chi connectivity index (χ2n) is 3.64. The highest BCUT2D eigenvalue weighted by atomic mass is 16.3. The van der Waals surface area contributed by atoms with Gasteiger partial charge in [-0.2, -0.15) is 0 Å². The van der Waals surface area contributed by atoms with Crippen molar-refractivity contribution < 1.29 is 4.42 Å². The molecule has 72 valence electrons. The van der Waals surface area contributed by atoms with Crippen molar-refractivity contribution in [2.75, 3.05) is 0 Å². The third kappa shape index (κ3) is 2.24. The van der Waals surface area contributed by atoms with Crippen LogP contribution in [-0.4, -0.2) is 0 Å². The van der Waals surface area contributed by atoms with E-state index in [-0.39, 0.29) is 0 Å². The topological polar surface area (TPSA) is 13.1 Å². The molecule has 0 saturated heterocycles. The highest BCUT2D eigenvalue weighted by molar-refractivity contribution is 5.63. The second kappa shape index (κ2) is 4.31. The summed E-state index contributed by atoms with van der Waals surface area (Å²) < 4.78 is 5.37. The maximum Gasteiger partial charge on any atom is 0.129 e. The quantitative estimate of drug-likeness (QED) is 0.678. The Labute approximate surface area is 80.5 Å². The molecule has 1 aromatic rings. The van der Waals surface area contributed by atoms with E-state index in [2.05, 4.69) is 27.7 Å². The molecule has 0 N–H and O–H groups in total. The Balaban J connectivity index is 3.02. The molecular weight excluding hydrogens is 160 g/mol. The van der Waals surface area contributed by atoms with Crippen molar-refractivity contribution in [1.82, 2.24) is 0 Å². The summed E-state index contributed by atoms with van der Waals surface area (Å²) in [5, 5.41) is 0. The van der Waals surface area contributed by atoms with Crippen molar-refractivity contribution >= 4 is 5.57 Å². The molecule has 0 bridgehead atoms. The second-order valence-corrected chi connectivity index (χ2v) is 3.64.